The number of nitrogens with one attached hydrogen (secondary N) is 2. The molecule has 1 saturated carbocycles. The van der Waals surface area contributed by atoms with Crippen molar-refractivity contribution in [1.29, 1.82) is 0 Å². The van der Waals surface area contributed by atoms with Gasteiger partial charge in [-0.05, 0) is 24.2 Å². The molecule has 1 aliphatic carbocycles. The van der Waals surface area contributed by atoms with E-state index in [0.29, 0.717) is 17.4 Å². The number of amides is 1. The van der Waals surface area contributed by atoms with Crippen LogP contribution < -0.4 is 10.6 Å². The van der Waals surface area contributed by atoms with Crippen molar-refractivity contribution in [3.63, 3.8) is 0 Å². The molecule has 1 aliphatic heterocycles. The van der Waals surface area contributed by atoms with Crippen molar-refractivity contribution in [2.45, 2.75) is 52.5 Å². The first-order valence-corrected chi connectivity index (χ1v) is 6.99. The average Bonchev–Trinajstić information content (AvgIpc) is 2.13. The minimum absolute atomic E-state index is 0. The van der Waals surface area contributed by atoms with E-state index in [9.17, 15) is 4.79 Å². The maximum absolute atomic E-state index is 12.0. The van der Waals surface area contributed by atoms with Gasteiger partial charge in [0.2, 0.25) is 5.91 Å². The van der Waals surface area contributed by atoms with Gasteiger partial charge in [0.15, 0.2) is 0 Å². The van der Waals surface area contributed by atoms with Gasteiger partial charge in [0.05, 0.1) is 5.92 Å². The Labute approximate surface area is 117 Å². The van der Waals surface area contributed by atoms with Crippen molar-refractivity contribution in [2.24, 2.45) is 17.3 Å². The van der Waals surface area contributed by atoms with Crippen LogP contribution in [-0.2, 0) is 4.79 Å². The van der Waals surface area contributed by atoms with Gasteiger partial charge < -0.3 is 10.6 Å². The molecule has 2 rings (SSSR count). The number of hydrogen-bond donors (Lipinski definition) is 2. The molecule has 0 bridgehead atoms. The lowest BCUT2D eigenvalue weighted by molar-refractivity contribution is -0.128. The predicted octanol–water partition coefficient (Wildman–Crippen LogP) is 2.35. The Balaban J connectivity index is 0.00000162. The second kappa shape index (κ2) is 6.25. The third-order valence-electron chi connectivity index (χ3n) is 4.36. The van der Waals surface area contributed by atoms with Gasteiger partial charge in [-0.2, -0.15) is 0 Å². The third kappa shape index (κ3) is 3.61. The largest absolute Gasteiger partial charge is 0.353 e. The maximum Gasteiger partial charge on any atom is 0.225 e. The van der Waals surface area contributed by atoms with Crippen LogP contribution in [0.1, 0.15) is 46.5 Å². The van der Waals surface area contributed by atoms with Crippen LogP contribution >= 0.6 is 12.4 Å². The van der Waals surface area contributed by atoms with Gasteiger partial charge in [0.25, 0.3) is 0 Å². The van der Waals surface area contributed by atoms with Crippen molar-refractivity contribution in [2.75, 3.05) is 13.1 Å². The Bertz CT molecular complexity index is 284. The van der Waals surface area contributed by atoms with E-state index in [1.807, 2.05) is 0 Å². The zero-order valence-electron chi connectivity index (χ0n) is 11.8. The van der Waals surface area contributed by atoms with Crippen LogP contribution in [0.2, 0.25) is 0 Å². The minimum atomic E-state index is 0. The summed E-state index contributed by atoms with van der Waals surface area (Å²) >= 11 is 0. The van der Waals surface area contributed by atoms with Gasteiger partial charge in [-0.1, -0.05) is 33.6 Å². The summed E-state index contributed by atoms with van der Waals surface area (Å²) in [5, 5.41) is 6.46. The molecule has 2 atom stereocenters. The molecule has 0 radical (unpaired) electrons. The summed E-state index contributed by atoms with van der Waals surface area (Å²) in [5.41, 5.74) is 0.302. The van der Waals surface area contributed by atoms with Gasteiger partial charge in [-0.25, -0.2) is 0 Å². The summed E-state index contributed by atoms with van der Waals surface area (Å²) in [6.07, 6.45) is 5.00. The van der Waals surface area contributed by atoms with Crippen molar-refractivity contribution >= 4 is 18.3 Å². The van der Waals surface area contributed by atoms with E-state index in [4.69, 9.17) is 0 Å². The number of carbonyl (C=O) groups is 1. The lowest BCUT2D eigenvalue weighted by atomic mass is 9.69. The molecule has 2 unspecified atom stereocenters. The van der Waals surface area contributed by atoms with Gasteiger partial charge in [0.1, 0.15) is 0 Å². The van der Waals surface area contributed by atoms with Crippen LogP contribution in [0, 0.1) is 17.3 Å². The molecule has 18 heavy (non-hydrogen) atoms. The zero-order chi connectivity index (χ0) is 12.5. The van der Waals surface area contributed by atoms with Gasteiger partial charge >= 0.3 is 0 Å². The van der Waals surface area contributed by atoms with E-state index in [2.05, 4.69) is 31.4 Å². The molecular weight excluding hydrogens is 248 g/mol. The summed E-state index contributed by atoms with van der Waals surface area (Å²) in [7, 11) is 0. The second-order valence-electron chi connectivity index (χ2n) is 6.73. The first kappa shape index (κ1) is 15.8. The molecule has 106 valence electrons. The first-order chi connectivity index (χ1) is 7.98. The van der Waals surface area contributed by atoms with Crippen LogP contribution in [0.15, 0.2) is 0 Å². The van der Waals surface area contributed by atoms with Crippen molar-refractivity contribution in [3.05, 3.63) is 0 Å². The summed E-state index contributed by atoms with van der Waals surface area (Å²) in [5.74, 6) is 1.12. The predicted molar refractivity (Wildman–Crippen MR) is 77.0 cm³/mol. The molecule has 2 N–H and O–H groups in total. The van der Waals surface area contributed by atoms with Crippen LogP contribution in [0.25, 0.3) is 0 Å². The van der Waals surface area contributed by atoms with E-state index >= 15 is 0 Å². The molecule has 3 nitrogen and oxygen atoms in total. The Morgan fingerprint density at radius 3 is 2.28 bits per heavy atom. The molecule has 2 aliphatic rings. The number of carbonyl (C=O) groups excluding carboxylic acids is 1. The smallest absolute Gasteiger partial charge is 0.225 e. The average molecular weight is 275 g/mol. The fourth-order valence-corrected chi connectivity index (χ4v) is 3.11. The molecule has 4 heteroatoms. The highest BCUT2D eigenvalue weighted by molar-refractivity contribution is 5.85. The van der Waals surface area contributed by atoms with E-state index in [1.165, 1.54) is 19.3 Å². The summed E-state index contributed by atoms with van der Waals surface area (Å²) in [6, 6.07) is 0.400. The monoisotopic (exact) mass is 274 g/mol. The van der Waals surface area contributed by atoms with Crippen molar-refractivity contribution in [1.82, 2.24) is 10.6 Å². The molecule has 1 heterocycles. The highest BCUT2D eigenvalue weighted by atomic mass is 35.5. The molecule has 1 amide bonds. The molecular formula is C14H27ClN2O. The Morgan fingerprint density at radius 2 is 1.78 bits per heavy atom. The number of halogens is 1. The fraction of sp³-hybridized carbons (Fsp3) is 0.929. The molecule has 1 saturated heterocycles. The van der Waals surface area contributed by atoms with Gasteiger partial charge in [0, 0.05) is 19.1 Å². The van der Waals surface area contributed by atoms with Crippen LogP contribution in [0.3, 0.4) is 0 Å². The Hall–Kier alpha value is -0.280. The minimum Gasteiger partial charge on any atom is -0.353 e. The SMILES string of the molecule is CC(C)(C)C1CCCCC1NC(=O)C1CNC1.Cl. The quantitative estimate of drug-likeness (QED) is 0.812. The van der Waals surface area contributed by atoms with Crippen molar-refractivity contribution < 1.29 is 4.79 Å². The molecule has 0 aromatic carbocycles. The zero-order valence-corrected chi connectivity index (χ0v) is 12.6. The van der Waals surface area contributed by atoms with Crippen molar-refractivity contribution in [3.8, 4) is 0 Å². The van der Waals surface area contributed by atoms with Gasteiger partial charge in [-0.3, -0.25) is 4.79 Å². The Kier molecular flexibility index (Phi) is 5.47. The lowest BCUT2D eigenvalue weighted by Gasteiger charge is -2.41. The van der Waals surface area contributed by atoms with E-state index in [1.54, 1.807) is 0 Å². The van der Waals surface area contributed by atoms with E-state index in [0.717, 1.165) is 19.5 Å². The summed E-state index contributed by atoms with van der Waals surface area (Å²) in [6.45, 7) is 8.62. The highest BCUT2D eigenvalue weighted by Crippen LogP contribution is 2.38. The Morgan fingerprint density at radius 1 is 1.17 bits per heavy atom. The second-order valence-corrected chi connectivity index (χ2v) is 6.73. The van der Waals surface area contributed by atoms with Gasteiger partial charge in [-0.15, -0.1) is 12.4 Å². The van der Waals surface area contributed by atoms with E-state index in [-0.39, 0.29) is 24.2 Å². The standard InChI is InChI=1S/C14H26N2O.ClH/c1-14(2,3)11-6-4-5-7-12(11)16-13(17)10-8-15-9-10;/h10-12,15H,4-9H2,1-3H3,(H,16,17);1H. The van der Waals surface area contributed by atoms with Crippen LogP contribution in [0.4, 0.5) is 0 Å². The normalized spacial score (nSPS) is 29.1. The van der Waals surface area contributed by atoms with E-state index < -0.39 is 0 Å². The molecule has 0 spiro atoms. The van der Waals surface area contributed by atoms with Crippen LogP contribution in [-0.4, -0.2) is 25.0 Å². The first-order valence-electron chi connectivity index (χ1n) is 6.99. The number of rotatable bonds is 2. The summed E-state index contributed by atoms with van der Waals surface area (Å²) < 4.78 is 0. The third-order valence-corrected chi connectivity index (χ3v) is 4.36. The fourth-order valence-electron chi connectivity index (χ4n) is 3.11. The topological polar surface area (TPSA) is 41.1 Å². The highest BCUT2D eigenvalue weighted by Gasteiger charge is 2.36. The number of hydrogen-bond acceptors (Lipinski definition) is 2. The summed E-state index contributed by atoms with van der Waals surface area (Å²) in [4.78, 5) is 12.0. The van der Waals surface area contributed by atoms with Crippen LogP contribution in [0.5, 0.6) is 0 Å². The lowest BCUT2D eigenvalue weighted by Crippen LogP contribution is -2.55. The molecule has 0 aromatic rings. The maximum atomic E-state index is 12.0. The molecule has 0 aromatic heterocycles. The molecule has 2 fully saturated rings.